The molecule has 5 nitrogen and oxygen atoms in total. The van der Waals surface area contributed by atoms with Gasteiger partial charge in [-0.15, -0.1) is 0 Å². The van der Waals surface area contributed by atoms with Crippen molar-refractivity contribution in [3.8, 4) is 0 Å². The van der Waals surface area contributed by atoms with Gasteiger partial charge in [-0.1, -0.05) is 24.4 Å². The van der Waals surface area contributed by atoms with Crippen LogP contribution in [0.4, 0.5) is 0 Å². The molecule has 1 unspecified atom stereocenters. The monoisotopic (exact) mass is 330 g/mol. The Kier molecular flexibility index (Phi) is 4.91. The molecule has 1 amide bonds. The molecule has 1 atom stereocenters. The van der Waals surface area contributed by atoms with Crippen molar-refractivity contribution in [2.24, 2.45) is 5.14 Å². The highest BCUT2D eigenvalue weighted by Crippen LogP contribution is 2.23. The molecule has 7 heteroatoms. The van der Waals surface area contributed by atoms with Crippen LogP contribution in [0.3, 0.4) is 0 Å². The number of hydrogen-bond acceptors (Lipinski definition) is 3. The summed E-state index contributed by atoms with van der Waals surface area (Å²) in [6, 6.07) is 4.16. The number of primary sulfonamides is 1. The van der Waals surface area contributed by atoms with E-state index < -0.39 is 10.0 Å². The lowest BCUT2D eigenvalue weighted by Gasteiger charge is -2.27. The van der Waals surface area contributed by atoms with Crippen LogP contribution in [0.2, 0.25) is 5.02 Å². The molecular formula is C14H19ClN2O3S. The Morgan fingerprint density at radius 3 is 2.67 bits per heavy atom. The first-order chi connectivity index (χ1) is 9.79. The molecule has 2 N–H and O–H groups in total. The molecule has 0 aliphatic carbocycles. The van der Waals surface area contributed by atoms with Crippen molar-refractivity contribution < 1.29 is 13.2 Å². The second kappa shape index (κ2) is 6.34. The van der Waals surface area contributed by atoms with Crippen molar-refractivity contribution in [1.29, 1.82) is 0 Å². The highest BCUT2D eigenvalue weighted by atomic mass is 35.5. The minimum atomic E-state index is -3.89. The number of amides is 1. The largest absolute Gasteiger partial charge is 0.336 e. The van der Waals surface area contributed by atoms with Gasteiger partial charge in [0.15, 0.2) is 0 Å². The van der Waals surface area contributed by atoms with Crippen LogP contribution in [0, 0.1) is 0 Å². The fourth-order valence-corrected chi connectivity index (χ4v) is 3.48. The van der Waals surface area contributed by atoms with Crippen molar-refractivity contribution in [3.63, 3.8) is 0 Å². The second-order valence-corrected chi connectivity index (χ2v) is 7.42. The fraction of sp³-hybridized carbons (Fsp3) is 0.500. The number of hydrogen-bond donors (Lipinski definition) is 1. The number of likely N-dealkylation sites (tertiary alicyclic amines) is 1. The molecule has 1 aliphatic rings. The Morgan fingerprint density at radius 2 is 2.00 bits per heavy atom. The van der Waals surface area contributed by atoms with Crippen molar-refractivity contribution >= 4 is 27.5 Å². The van der Waals surface area contributed by atoms with Crippen LogP contribution in [0.25, 0.3) is 0 Å². The summed E-state index contributed by atoms with van der Waals surface area (Å²) in [7, 11) is -3.89. The molecule has 1 saturated heterocycles. The predicted octanol–water partition coefficient (Wildman–Crippen LogP) is 2.39. The summed E-state index contributed by atoms with van der Waals surface area (Å²) in [4.78, 5) is 14.3. The maximum atomic E-state index is 12.6. The van der Waals surface area contributed by atoms with Gasteiger partial charge < -0.3 is 4.90 Å². The molecular weight excluding hydrogens is 312 g/mol. The van der Waals surface area contributed by atoms with Crippen LogP contribution in [0.5, 0.6) is 0 Å². The highest BCUT2D eigenvalue weighted by molar-refractivity contribution is 7.89. The summed E-state index contributed by atoms with van der Waals surface area (Å²) < 4.78 is 22.9. The third-order valence-corrected chi connectivity index (χ3v) is 4.87. The van der Waals surface area contributed by atoms with Crippen molar-refractivity contribution in [3.05, 3.63) is 28.8 Å². The Bertz CT molecular complexity index is 646. The lowest BCUT2D eigenvalue weighted by Crippen LogP contribution is -2.38. The van der Waals surface area contributed by atoms with Crippen LogP contribution in [0.1, 0.15) is 43.0 Å². The molecule has 1 fully saturated rings. The number of nitrogens with zero attached hydrogens (tertiary/aromatic N) is 1. The minimum absolute atomic E-state index is 0.136. The average molecular weight is 331 g/mol. The van der Waals surface area contributed by atoms with Crippen LogP contribution in [0.15, 0.2) is 23.1 Å². The first-order valence-corrected chi connectivity index (χ1v) is 8.86. The zero-order chi connectivity index (χ0) is 15.6. The van der Waals surface area contributed by atoms with Gasteiger partial charge in [0.05, 0.1) is 4.90 Å². The number of sulfonamides is 1. The Hall–Kier alpha value is -1.11. The number of rotatable bonds is 2. The highest BCUT2D eigenvalue weighted by Gasteiger charge is 2.24. The van der Waals surface area contributed by atoms with Crippen molar-refractivity contribution in [2.45, 2.75) is 43.5 Å². The molecule has 0 saturated carbocycles. The summed E-state index contributed by atoms with van der Waals surface area (Å²) in [6.07, 6.45) is 4.11. The first kappa shape index (κ1) is 16.3. The molecule has 2 rings (SSSR count). The van der Waals surface area contributed by atoms with Crippen LogP contribution in [-0.4, -0.2) is 31.8 Å². The molecule has 0 aromatic heterocycles. The van der Waals surface area contributed by atoms with Gasteiger partial charge in [0, 0.05) is 23.2 Å². The normalized spacial score (nSPS) is 20.1. The zero-order valence-corrected chi connectivity index (χ0v) is 13.5. The standard InChI is InChI=1S/C14H19ClN2O3S/c1-10-5-3-2-4-6-17(10)14(18)11-7-12(15)9-13(8-11)21(16,19)20/h7-10H,2-6H2,1H3,(H2,16,19,20). The molecule has 116 valence electrons. The van der Waals surface area contributed by atoms with Gasteiger partial charge >= 0.3 is 0 Å². The van der Waals surface area contributed by atoms with E-state index in [1.165, 1.54) is 18.2 Å². The van der Waals surface area contributed by atoms with Gasteiger partial charge in [-0.2, -0.15) is 0 Å². The molecule has 0 radical (unpaired) electrons. The third-order valence-electron chi connectivity index (χ3n) is 3.76. The van der Waals surface area contributed by atoms with Crippen LogP contribution < -0.4 is 5.14 Å². The Labute approximate surface area is 130 Å². The minimum Gasteiger partial charge on any atom is -0.336 e. The number of benzene rings is 1. The van der Waals surface area contributed by atoms with E-state index in [-0.39, 0.29) is 27.4 Å². The molecule has 1 aromatic rings. The number of carbonyl (C=O) groups excluding carboxylic acids is 1. The van der Waals surface area contributed by atoms with Crippen LogP contribution in [-0.2, 0) is 10.0 Å². The molecule has 1 aliphatic heterocycles. The number of carbonyl (C=O) groups is 1. The quantitative estimate of drug-likeness (QED) is 0.904. The smallest absolute Gasteiger partial charge is 0.254 e. The van der Waals surface area contributed by atoms with E-state index in [1.54, 1.807) is 4.90 Å². The Balaban J connectivity index is 2.36. The summed E-state index contributed by atoms with van der Waals surface area (Å²) in [5, 5.41) is 5.30. The van der Waals surface area contributed by atoms with Gasteiger partial charge in [0.25, 0.3) is 5.91 Å². The topological polar surface area (TPSA) is 80.5 Å². The average Bonchev–Trinajstić information content (AvgIpc) is 2.61. The molecule has 1 heterocycles. The van der Waals surface area contributed by atoms with E-state index in [0.29, 0.717) is 6.54 Å². The fourth-order valence-electron chi connectivity index (χ4n) is 2.59. The second-order valence-electron chi connectivity index (χ2n) is 5.42. The summed E-state index contributed by atoms with van der Waals surface area (Å²) in [6.45, 7) is 2.69. The van der Waals surface area contributed by atoms with E-state index in [0.717, 1.165) is 25.7 Å². The summed E-state index contributed by atoms with van der Waals surface area (Å²) >= 11 is 5.92. The van der Waals surface area contributed by atoms with E-state index >= 15 is 0 Å². The van der Waals surface area contributed by atoms with E-state index in [9.17, 15) is 13.2 Å². The lowest BCUT2D eigenvalue weighted by atomic mass is 10.1. The van der Waals surface area contributed by atoms with E-state index in [2.05, 4.69) is 0 Å². The molecule has 21 heavy (non-hydrogen) atoms. The SMILES string of the molecule is CC1CCCCCN1C(=O)c1cc(Cl)cc(S(N)(=O)=O)c1. The van der Waals surface area contributed by atoms with Crippen molar-refractivity contribution in [1.82, 2.24) is 4.90 Å². The van der Waals surface area contributed by atoms with Crippen molar-refractivity contribution in [2.75, 3.05) is 6.54 Å². The maximum Gasteiger partial charge on any atom is 0.254 e. The summed E-state index contributed by atoms with van der Waals surface area (Å²) in [5.41, 5.74) is 0.264. The van der Waals surface area contributed by atoms with Crippen LogP contribution >= 0.6 is 11.6 Å². The van der Waals surface area contributed by atoms with E-state index in [1.807, 2.05) is 6.92 Å². The molecule has 0 bridgehead atoms. The molecule has 0 spiro atoms. The van der Waals surface area contributed by atoms with Gasteiger partial charge in [0.1, 0.15) is 0 Å². The summed E-state index contributed by atoms with van der Waals surface area (Å²) in [5.74, 6) is -0.197. The Morgan fingerprint density at radius 1 is 1.29 bits per heavy atom. The third kappa shape index (κ3) is 3.96. The maximum absolute atomic E-state index is 12.6. The van der Waals surface area contributed by atoms with Gasteiger partial charge in [0.2, 0.25) is 10.0 Å². The van der Waals surface area contributed by atoms with Gasteiger partial charge in [-0.25, -0.2) is 13.6 Å². The van der Waals surface area contributed by atoms with Gasteiger partial charge in [-0.05, 0) is 38.0 Å². The predicted molar refractivity (Wildman–Crippen MR) is 81.8 cm³/mol. The van der Waals surface area contributed by atoms with Gasteiger partial charge in [-0.3, -0.25) is 4.79 Å². The zero-order valence-electron chi connectivity index (χ0n) is 11.9. The van der Waals surface area contributed by atoms with E-state index in [4.69, 9.17) is 16.7 Å². The number of nitrogens with two attached hydrogens (primary N) is 1. The number of halogens is 1. The lowest BCUT2D eigenvalue weighted by molar-refractivity contribution is 0.0697. The first-order valence-electron chi connectivity index (χ1n) is 6.93. The molecule has 1 aromatic carbocycles.